The van der Waals surface area contributed by atoms with Gasteiger partial charge in [0.05, 0.1) is 6.04 Å². The molecule has 6 heteroatoms. The zero-order valence-corrected chi connectivity index (χ0v) is 11.1. The third-order valence-electron chi connectivity index (χ3n) is 3.23. The number of carbonyl (C=O) groups is 1. The highest BCUT2D eigenvalue weighted by atomic mass is 16.2. The van der Waals surface area contributed by atoms with Crippen LogP contribution in [0, 0.1) is 0 Å². The summed E-state index contributed by atoms with van der Waals surface area (Å²) in [6, 6.07) is 0.000409. The number of piperidine rings is 1. The molecule has 1 fully saturated rings. The number of aromatic nitrogens is 3. The number of likely N-dealkylation sites (tertiary alicyclic amines) is 1. The van der Waals surface area contributed by atoms with Crippen molar-refractivity contribution in [3.8, 4) is 0 Å². The van der Waals surface area contributed by atoms with Gasteiger partial charge < -0.3 is 10.2 Å². The van der Waals surface area contributed by atoms with E-state index in [2.05, 4.69) is 15.4 Å². The first kappa shape index (κ1) is 13.0. The average Bonchev–Trinajstić information content (AvgIpc) is 2.77. The third-order valence-corrected chi connectivity index (χ3v) is 3.23. The van der Waals surface area contributed by atoms with Gasteiger partial charge in [-0.05, 0) is 19.4 Å². The Bertz CT molecular complexity index is 401. The van der Waals surface area contributed by atoms with Gasteiger partial charge in [-0.15, -0.1) is 0 Å². The first-order valence-electron chi connectivity index (χ1n) is 6.57. The van der Waals surface area contributed by atoms with Crippen molar-refractivity contribution in [3.05, 3.63) is 12.2 Å². The van der Waals surface area contributed by atoms with E-state index in [0.717, 1.165) is 38.2 Å². The fourth-order valence-corrected chi connectivity index (χ4v) is 2.33. The van der Waals surface area contributed by atoms with Crippen LogP contribution in [0.3, 0.4) is 0 Å². The van der Waals surface area contributed by atoms with E-state index in [4.69, 9.17) is 0 Å². The number of nitrogens with zero attached hydrogens (tertiary/aromatic N) is 4. The number of rotatable bonds is 5. The molecule has 0 aliphatic carbocycles. The van der Waals surface area contributed by atoms with Crippen LogP contribution in [0.1, 0.15) is 25.6 Å². The Labute approximate surface area is 107 Å². The molecule has 1 aromatic heterocycles. The van der Waals surface area contributed by atoms with Gasteiger partial charge in [-0.1, -0.05) is 6.92 Å². The number of amides is 1. The lowest BCUT2D eigenvalue weighted by molar-refractivity contribution is -0.135. The van der Waals surface area contributed by atoms with Crippen molar-refractivity contribution >= 4 is 5.91 Å². The van der Waals surface area contributed by atoms with Crippen molar-refractivity contribution in [2.75, 3.05) is 19.6 Å². The summed E-state index contributed by atoms with van der Waals surface area (Å²) < 4.78 is 1.69. The third kappa shape index (κ3) is 3.07. The van der Waals surface area contributed by atoms with Crippen LogP contribution in [0.25, 0.3) is 0 Å². The minimum absolute atomic E-state index is 0.000409. The van der Waals surface area contributed by atoms with E-state index in [9.17, 15) is 4.79 Å². The van der Waals surface area contributed by atoms with Gasteiger partial charge in [0.15, 0.2) is 5.82 Å². The second kappa shape index (κ2) is 5.95. The minimum Gasteiger partial charge on any atom is -0.341 e. The van der Waals surface area contributed by atoms with Crippen molar-refractivity contribution in [3.63, 3.8) is 0 Å². The highest BCUT2D eigenvalue weighted by Crippen LogP contribution is 2.12. The van der Waals surface area contributed by atoms with Gasteiger partial charge in [-0.3, -0.25) is 9.48 Å². The predicted molar refractivity (Wildman–Crippen MR) is 68.0 cm³/mol. The van der Waals surface area contributed by atoms with Crippen molar-refractivity contribution in [2.45, 2.75) is 32.2 Å². The Morgan fingerprint density at radius 3 is 3.06 bits per heavy atom. The monoisotopic (exact) mass is 251 g/mol. The minimum atomic E-state index is 0.000409. The molecule has 1 saturated heterocycles. The van der Waals surface area contributed by atoms with Gasteiger partial charge in [0.2, 0.25) is 5.91 Å². The summed E-state index contributed by atoms with van der Waals surface area (Å²) in [6.45, 7) is 4.44. The lowest BCUT2D eigenvalue weighted by Gasteiger charge is -2.32. The van der Waals surface area contributed by atoms with Crippen molar-refractivity contribution in [1.29, 1.82) is 0 Å². The number of likely N-dealkylation sites (N-methyl/N-ethyl adjacent to an activating group) is 1. The van der Waals surface area contributed by atoms with E-state index >= 15 is 0 Å². The summed E-state index contributed by atoms with van der Waals surface area (Å²) in [7, 11) is 1.85. The molecule has 2 heterocycles. The van der Waals surface area contributed by atoms with Gasteiger partial charge in [-0.2, -0.15) is 5.10 Å². The van der Waals surface area contributed by atoms with Crippen LogP contribution in [-0.2, 0) is 18.3 Å². The Morgan fingerprint density at radius 1 is 1.56 bits per heavy atom. The van der Waals surface area contributed by atoms with Crippen LogP contribution in [0.15, 0.2) is 6.33 Å². The van der Waals surface area contributed by atoms with Crippen LogP contribution >= 0.6 is 0 Å². The number of hydrogen-bond acceptors (Lipinski definition) is 4. The lowest BCUT2D eigenvalue weighted by atomic mass is 10.0. The maximum atomic E-state index is 12.2. The largest absolute Gasteiger partial charge is 0.341 e. The topological polar surface area (TPSA) is 63.1 Å². The summed E-state index contributed by atoms with van der Waals surface area (Å²) in [5.74, 6) is 1.02. The van der Waals surface area contributed by atoms with Gasteiger partial charge >= 0.3 is 0 Å². The molecular formula is C12H21N5O. The molecule has 1 aliphatic rings. The highest BCUT2D eigenvalue weighted by Gasteiger charge is 2.27. The molecule has 1 atom stereocenters. The van der Waals surface area contributed by atoms with Crippen LogP contribution in [0.5, 0.6) is 0 Å². The molecule has 1 aliphatic heterocycles. The molecule has 0 spiro atoms. The Kier molecular flexibility index (Phi) is 4.30. The van der Waals surface area contributed by atoms with Crippen LogP contribution in [0.4, 0.5) is 0 Å². The fourth-order valence-electron chi connectivity index (χ4n) is 2.33. The van der Waals surface area contributed by atoms with E-state index in [1.165, 1.54) is 0 Å². The molecule has 6 nitrogen and oxygen atoms in total. The number of hydrogen-bond donors (Lipinski definition) is 1. The van der Waals surface area contributed by atoms with E-state index in [-0.39, 0.29) is 11.9 Å². The van der Waals surface area contributed by atoms with Crippen molar-refractivity contribution in [1.82, 2.24) is 25.0 Å². The molecule has 1 amide bonds. The lowest BCUT2D eigenvalue weighted by Crippen LogP contribution is -2.51. The second-order valence-corrected chi connectivity index (χ2v) is 4.66. The highest BCUT2D eigenvalue weighted by molar-refractivity contribution is 5.82. The first-order chi connectivity index (χ1) is 8.70. The SMILES string of the molecule is CCNC1CCCN(CCc2ncn(C)n2)C1=O. The van der Waals surface area contributed by atoms with E-state index in [1.807, 2.05) is 18.9 Å². The Balaban J connectivity index is 1.86. The maximum Gasteiger partial charge on any atom is 0.239 e. The molecule has 2 rings (SSSR count). The fraction of sp³-hybridized carbons (Fsp3) is 0.750. The van der Waals surface area contributed by atoms with E-state index < -0.39 is 0 Å². The van der Waals surface area contributed by atoms with E-state index in [0.29, 0.717) is 6.54 Å². The normalized spacial score (nSPS) is 20.4. The molecule has 0 radical (unpaired) electrons. The summed E-state index contributed by atoms with van der Waals surface area (Å²) in [5.41, 5.74) is 0. The summed E-state index contributed by atoms with van der Waals surface area (Å²) in [6.07, 6.45) is 4.43. The van der Waals surface area contributed by atoms with Crippen LogP contribution in [-0.4, -0.2) is 51.2 Å². The zero-order chi connectivity index (χ0) is 13.0. The second-order valence-electron chi connectivity index (χ2n) is 4.66. The number of carbonyl (C=O) groups excluding carboxylic acids is 1. The molecular weight excluding hydrogens is 230 g/mol. The molecule has 18 heavy (non-hydrogen) atoms. The molecule has 1 N–H and O–H groups in total. The molecule has 0 bridgehead atoms. The smallest absolute Gasteiger partial charge is 0.239 e. The van der Waals surface area contributed by atoms with Gasteiger partial charge in [0, 0.05) is 26.6 Å². The molecule has 0 saturated carbocycles. The molecule has 100 valence electrons. The standard InChI is InChI=1S/C12H21N5O/c1-3-13-10-5-4-7-17(12(10)18)8-6-11-14-9-16(2)15-11/h9-10,13H,3-8H2,1-2H3. The van der Waals surface area contributed by atoms with Gasteiger partial charge in [0.25, 0.3) is 0 Å². The van der Waals surface area contributed by atoms with Crippen LogP contribution in [0.2, 0.25) is 0 Å². The molecule has 1 unspecified atom stereocenters. The number of nitrogens with one attached hydrogen (secondary N) is 1. The van der Waals surface area contributed by atoms with Crippen LogP contribution < -0.4 is 5.32 Å². The average molecular weight is 251 g/mol. The van der Waals surface area contributed by atoms with E-state index in [1.54, 1.807) is 11.0 Å². The predicted octanol–water partition coefficient (Wildman–Crippen LogP) is -0.0419. The number of aryl methyl sites for hydroxylation is 1. The quantitative estimate of drug-likeness (QED) is 0.797. The Hall–Kier alpha value is -1.43. The van der Waals surface area contributed by atoms with Gasteiger partial charge in [0.1, 0.15) is 6.33 Å². The Morgan fingerprint density at radius 2 is 2.39 bits per heavy atom. The maximum absolute atomic E-state index is 12.2. The first-order valence-corrected chi connectivity index (χ1v) is 6.57. The molecule has 1 aromatic rings. The summed E-state index contributed by atoms with van der Waals surface area (Å²) in [5, 5.41) is 7.47. The summed E-state index contributed by atoms with van der Waals surface area (Å²) in [4.78, 5) is 18.3. The van der Waals surface area contributed by atoms with Gasteiger partial charge in [-0.25, -0.2) is 4.98 Å². The summed E-state index contributed by atoms with van der Waals surface area (Å²) >= 11 is 0. The van der Waals surface area contributed by atoms with Crippen molar-refractivity contribution < 1.29 is 4.79 Å². The zero-order valence-electron chi connectivity index (χ0n) is 11.1. The van der Waals surface area contributed by atoms with Crippen molar-refractivity contribution in [2.24, 2.45) is 7.05 Å². The molecule has 0 aromatic carbocycles.